The lowest BCUT2D eigenvalue weighted by atomic mass is 10.1. The summed E-state index contributed by atoms with van der Waals surface area (Å²) in [5.74, 6) is 1.95. The maximum Gasteiger partial charge on any atom is 0.124 e. The maximum absolute atomic E-state index is 5.84. The summed E-state index contributed by atoms with van der Waals surface area (Å²) in [5, 5.41) is 5.47. The predicted molar refractivity (Wildman–Crippen MR) is 84.1 cm³/mol. The maximum atomic E-state index is 5.84. The molecule has 5 heteroatoms. The van der Waals surface area contributed by atoms with Gasteiger partial charge in [-0.05, 0) is 26.0 Å². The first kappa shape index (κ1) is 14.4. The lowest BCUT2D eigenvalue weighted by molar-refractivity contribution is 0.254. The lowest BCUT2D eigenvalue weighted by Crippen LogP contribution is -2.14. The molecule has 1 N–H and O–H groups in total. The van der Waals surface area contributed by atoms with Crippen LogP contribution in [0.15, 0.2) is 23.0 Å². The van der Waals surface area contributed by atoms with Crippen LogP contribution in [0.25, 0.3) is 0 Å². The second-order valence-corrected chi connectivity index (χ2v) is 5.94. The molecule has 4 nitrogen and oxygen atoms in total. The van der Waals surface area contributed by atoms with E-state index in [0.29, 0.717) is 6.61 Å². The number of fused-ring (bicyclic) bond motifs is 1. The average Bonchev–Trinajstić information content (AvgIpc) is 3.07. The molecule has 2 heterocycles. The zero-order valence-corrected chi connectivity index (χ0v) is 13.2. The van der Waals surface area contributed by atoms with Gasteiger partial charge in [0.1, 0.15) is 17.6 Å². The Kier molecular flexibility index (Phi) is 4.41. The van der Waals surface area contributed by atoms with E-state index in [2.05, 4.69) is 34.7 Å². The molecule has 0 saturated carbocycles. The zero-order chi connectivity index (χ0) is 14.7. The number of nitrogens with one attached hydrogen (secondary N) is 1. The van der Waals surface area contributed by atoms with Crippen molar-refractivity contribution in [2.45, 2.75) is 39.5 Å². The molecule has 1 atom stereocenters. The summed E-state index contributed by atoms with van der Waals surface area (Å²) in [6.07, 6.45) is 1.22. The summed E-state index contributed by atoms with van der Waals surface area (Å²) >= 11 is 1.62. The van der Waals surface area contributed by atoms with E-state index in [-0.39, 0.29) is 6.10 Å². The topological polar surface area (TPSA) is 43.4 Å². The fraction of sp³-hybridized carbons (Fsp3) is 0.438. The molecule has 21 heavy (non-hydrogen) atoms. The highest BCUT2D eigenvalue weighted by atomic mass is 32.1. The van der Waals surface area contributed by atoms with E-state index in [4.69, 9.17) is 9.47 Å². The molecule has 1 aliphatic rings. The van der Waals surface area contributed by atoms with Gasteiger partial charge in [-0.25, -0.2) is 4.98 Å². The van der Waals surface area contributed by atoms with Gasteiger partial charge in [0.05, 0.1) is 17.8 Å². The van der Waals surface area contributed by atoms with Gasteiger partial charge in [-0.1, -0.05) is 0 Å². The van der Waals surface area contributed by atoms with Gasteiger partial charge in [0.15, 0.2) is 0 Å². The molecule has 3 rings (SSSR count). The van der Waals surface area contributed by atoms with E-state index in [1.165, 1.54) is 5.56 Å². The SMILES string of the molecule is CCOc1cc2c(cc1CNCc1cscn1)OC(C)C2. The molecule has 1 unspecified atom stereocenters. The highest BCUT2D eigenvalue weighted by molar-refractivity contribution is 7.07. The molecule has 1 aliphatic heterocycles. The smallest absolute Gasteiger partial charge is 0.124 e. The summed E-state index contributed by atoms with van der Waals surface area (Å²) in [5.41, 5.74) is 5.31. The van der Waals surface area contributed by atoms with E-state index in [1.54, 1.807) is 11.3 Å². The fourth-order valence-electron chi connectivity index (χ4n) is 2.56. The van der Waals surface area contributed by atoms with Crippen LogP contribution in [0.5, 0.6) is 11.5 Å². The number of rotatable bonds is 6. The van der Waals surface area contributed by atoms with Crippen molar-refractivity contribution in [1.29, 1.82) is 0 Å². The van der Waals surface area contributed by atoms with Crippen LogP contribution >= 0.6 is 11.3 Å². The standard InChI is InChI=1S/C16H20N2O2S/c1-3-19-15-5-12-4-11(2)20-16(12)6-13(15)7-17-8-14-9-21-10-18-14/h5-6,9-11,17H,3-4,7-8H2,1-2H3. The first-order valence-corrected chi connectivity index (χ1v) is 8.23. The number of ether oxygens (including phenoxy) is 2. The predicted octanol–water partition coefficient (Wildman–Crippen LogP) is 3.16. The van der Waals surface area contributed by atoms with Gasteiger partial charge in [0.25, 0.3) is 0 Å². The van der Waals surface area contributed by atoms with Crippen molar-refractivity contribution >= 4 is 11.3 Å². The molecule has 2 aromatic rings. The molecule has 0 spiro atoms. The lowest BCUT2D eigenvalue weighted by Gasteiger charge is -2.13. The van der Waals surface area contributed by atoms with Crippen molar-refractivity contribution in [2.24, 2.45) is 0 Å². The second kappa shape index (κ2) is 6.45. The largest absolute Gasteiger partial charge is 0.494 e. The molecular weight excluding hydrogens is 284 g/mol. The van der Waals surface area contributed by atoms with E-state index in [0.717, 1.165) is 42.3 Å². The Morgan fingerprint density at radius 2 is 2.33 bits per heavy atom. The number of benzene rings is 1. The van der Waals surface area contributed by atoms with Crippen molar-refractivity contribution in [3.63, 3.8) is 0 Å². The van der Waals surface area contributed by atoms with Crippen molar-refractivity contribution in [3.8, 4) is 11.5 Å². The van der Waals surface area contributed by atoms with Crippen LogP contribution in [-0.4, -0.2) is 17.7 Å². The monoisotopic (exact) mass is 304 g/mol. The third-order valence-corrected chi connectivity index (χ3v) is 4.12. The molecule has 1 aromatic heterocycles. The first-order chi connectivity index (χ1) is 10.3. The van der Waals surface area contributed by atoms with Crippen molar-refractivity contribution in [3.05, 3.63) is 39.8 Å². The minimum atomic E-state index is 0.257. The third kappa shape index (κ3) is 3.36. The minimum absolute atomic E-state index is 0.257. The van der Waals surface area contributed by atoms with Crippen molar-refractivity contribution in [2.75, 3.05) is 6.61 Å². The van der Waals surface area contributed by atoms with Gasteiger partial charge in [-0.3, -0.25) is 0 Å². The normalized spacial score (nSPS) is 16.6. The molecular formula is C16H20N2O2S. The summed E-state index contributed by atoms with van der Waals surface area (Å²) in [4.78, 5) is 4.27. The van der Waals surface area contributed by atoms with E-state index >= 15 is 0 Å². The van der Waals surface area contributed by atoms with Crippen molar-refractivity contribution in [1.82, 2.24) is 10.3 Å². The van der Waals surface area contributed by atoms with Gasteiger partial charge < -0.3 is 14.8 Å². The van der Waals surface area contributed by atoms with Crippen LogP contribution in [0.1, 0.15) is 30.7 Å². The minimum Gasteiger partial charge on any atom is -0.494 e. The van der Waals surface area contributed by atoms with Crippen LogP contribution in [0, 0.1) is 0 Å². The van der Waals surface area contributed by atoms with E-state index in [9.17, 15) is 0 Å². The Hall–Kier alpha value is -1.59. The Balaban J connectivity index is 1.72. The molecule has 1 aromatic carbocycles. The number of thiazole rings is 1. The summed E-state index contributed by atoms with van der Waals surface area (Å²) < 4.78 is 11.6. The number of nitrogens with zero attached hydrogens (tertiary/aromatic N) is 1. The third-order valence-electron chi connectivity index (χ3n) is 3.48. The van der Waals surface area contributed by atoms with Gasteiger partial charge in [-0.15, -0.1) is 11.3 Å². The van der Waals surface area contributed by atoms with Crippen LogP contribution in [0.2, 0.25) is 0 Å². The average molecular weight is 304 g/mol. The fourth-order valence-corrected chi connectivity index (χ4v) is 3.12. The Bertz CT molecular complexity index is 599. The molecule has 0 bridgehead atoms. The van der Waals surface area contributed by atoms with Crippen molar-refractivity contribution < 1.29 is 9.47 Å². The molecule has 112 valence electrons. The van der Waals surface area contributed by atoms with Gasteiger partial charge in [-0.2, -0.15) is 0 Å². The molecule has 0 amide bonds. The summed E-state index contributed by atoms with van der Waals surface area (Å²) in [6.45, 7) is 6.30. The quantitative estimate of drug-likeness (QED) is 0.890. The Morgan fingerprint density at radius 1 is 1.43 bits per heavy atom. The molecule has 0 radical (unpaired) electrons. The van der Waals surface area contributed by atoms with Gasteiger partial charge in [0.2, 0.25) is 0 Å². The second-order valence-electron chi connectivity index (χ2n) is 5.22. The zero-order valence-electron chi connectivity index (χ0n) is 12.4. The van der Waals surface area contributed by atoms with Crippen LogP contribution < -0.4 is 14.8 Å². The summed E-state index contributed by atoms with van der Waals surface area (Å²) in [7, 11) is 0. The highest BCUT2D eigenvalue weighted by Gasteiger charge is 2.21. The Labute approximate surface area is 129 Å². The highest BCUT2D eigenvalue weighted by Crippen LogP contribution is 2.35. The molecule has 0 aliphatic carbocycles. The van der Waals surface area contributed by atoms with E-state index in [1.807, 2.05) is 12.4 Å². The number of aromatic nitrogens is 1. The van der Waals surface area contributed by atoms with E-state index < -0.39 is 0 Å². The number of hydrogen-bond donors (Lipinski definition) is 1. The van der Waals surface area contributed by atoms with Gasteiger partial charge in [0, 0.05) is 36.0 Å². The van der Waals surface area contributed by atoms with Crippen LogP contribution in [0.4, 0.5) is 0 Å². The first-order valence-electron chi connectivity index (χ1n) is 7.29. The van der Waals surface area contributed by atoms with Crippen LogP contribution in [0.3, 0.4) is 0 Å². The number of hydrogen-bond acceptors (Lipinski definition) is 5. The molecule has 0 saturated heterocycles. The van der Waals surface area contributed by atoms with Gasteiger partial charge >= 0.3 is 0 Å². The Morgan fingerprint density at radius 3 is 3.10 bits per heavy atom. The summed E-state index contributed by atoms with van der Waals surface area (Å²) in [6, 6.07) is 4.24. The van der Waals surface area contributed by atoms with Crippen LogP contribution in [-0.2, 0) is 19.5 Å². The molecule has 0 fully saturated rings.